The maximum absolute atomic E-state index is 13.5. The number of piperidine rings is 1. The van der Waals surface area contributed by atoms with Crippen LogP contribution in [0.4, 0.5) is 18.0 Å². The Bertz CT molecular complexity index is 1020. The maximum atomic E-state index is 13.5. The molecular formula is C27H35ClF3N3O4. The quantitative estimate of drug-likeness (QED) is 0.438. The standard InChI is InChI=1S/C27H35ClF3N3O4/c1-26(11-12-26)24(36)33-13-8-19(9-14-33)23(35)34-16-21(18-4-6-20(28)7-5-18)22(17-34)32(2)25(37)38-15-3-10-27(29,30)31/h4-7,19,21-22H,3,8-17H2,1-2H3/t21-,22+/m0/s1. The molecule has 2 atom stereocenters. The number of rotatable bonds is 7. The summed E-state index contributed by atoms with van der Waals surface area (Å²) < 4.78 is 42.4. The molecule has 3 amide bonds. The van der Waals surface area contributed by atoms with Crippen LogP contribution in [0.2, 0.25) is 5.02 Å². The fraction of sp³-hybridized carbons (Fsp3) is 0.667. The molecule has 7 nitrogen and oxygen atoms in total. The number of hydrogen-bond acceptors (Lipinski definition) is 4. The van der Waals surface area contributed by atoms with Gasteiger partial charge in [-0.05, 0) is 49.8 Å². The molecular weight excluding hydrogens is 523 g/mol. The summed E-state index contributed by atoms with van der Waals surface area (Å²) in [4.78, 5) is 43.9. The van der Waals surface area contributed by atoms with Crippen LogP contribution in [0, 0.1) is 11.3 Å². The van der Waals surface area contributed by atoms with Crippen LogP contribution in [0.25, 0.3) is 0 Å². The summed E-state index contributed by atoms with van der Waals surface area (Å²) in [6.07, 6.45) is -3.30. The molecule has 210 valence electrons. The largest absolute Gasteiger partial charge is 0.449 e. The summed E-state index contributed by atoms with van der Waals surface area (Å²) in [5, 5.41) is 0.565. The van der Waals surface area contributed by atoms with Crippen LogP contribution in [0.1, 0.15) is 56.9 Å². The van der Waals surface area contributed by atoms with Crippen LogP contribution < -0.4 is 0 Å². The van der Waals surface area contributed by atoms with E-state index in [1.165, 1.54) is 4.90 Å². The van der Waals surface area contributed by atoms with Gasteiger partial charge in [0, 0.05) is 61.9 Å². The van der Waals surface area contributed by atoms with Gasteiger partial charge >= 0.3 is 12.3 Å². The van der Waals surface area contributed by atoms with E-state index in [2.05, 4.69) is 0 Å². The summed E-state index contributed by atoms with van der Waals surface area (Å²) in [5.74, 6) is -0.221. The molecule has 2 aliphatic heterocycles. The summed E-state index contributed by atoms with van der Waals surface area (Å²) in [7, 11) is 1.55. The van der Waals surface area contributed by atoms with Gasteiger partial charge in [0.1, 0.15) is 0 Å². The second-order valence-electron chi connectivity index (χ2n) is 11.0. The number of hydrogen-bond donors (Lipinski definition) is 0. The molecule has 0 N–H and O–H groups in total. The third-order valence-electron chi connectivity index (χ3n) is 8.16. The van der Waals surface area contributed by atoms with Crippen molar-refractivity contribution in [1.29, 1.82) is 0 Å². The topological polar surface area (TPSA) is 70.2 Å². The molecule has 2 saturated heterocycles. The van der Waals surface area contributed by atoms with Gasteiger partial charge < -0.3 is 19.4 Å². The van der Waals surface area contributed by atoms with Crippen LogP contribution in [0.3, 0.4) is 0 Å². The number of carbonyl (C=O) groups is 3. The van der Waals surface area contributed by atoms with Crippen molar-refractivity contribution < 1.29 is 32.3 Å². The molecule has 3 fully saturated rings. The number of benzene rings is 1. The molecule has 0 spiro atoms. The normalized spacial score (nSPS) is 23.3. The number of amides is 3. The Kier molecular flexibility index (Phi) is 8.49. The van der Waals surface area contributed by atoms with Crippen LogP contribution in [-0.2, 0) is 14.3 Å². The molecule has 1 aromatic rings. The van der Waals surface area contributed by atoms with E-state index in [9.17, 15) is 27.6 Å². The van der Waals surface area contributed by atoms with Crippen molar-refractivity contribution in [2.24, 2.45) is 11.3 Å². The number of nitrogens with zero attached hydrogens (tertiary/aromatic N) is 3. The Labute approximate surface area is 226 Å². The second-order valence-corrected chi connectivity index (χ2v) is 11.5. The van der Waals surface area contributed by atoms with Gasteiger partial charge in [0.15, 0.2) is 0 Å². The lowest BCUT2D eigenvalue weighted by atomic mass is 9.93. The van der Waals surface area contributed by atoms with Crippen molar-refractivity contribution in [3.63, 3.8) is 0 Å². The first kappa shape index (κ1) is 28.5. The highest BCUT2D eigenvalue weighted by Crippen LogP contribution is 2.47. The highest BCUT2D eigenvalue weighted by molar-refractivity contribution is 6.30. The summed E-state index contributed by atoms with van der Waals surface area (Å²) >= 11 is 6.06. The molecule has 0 bridgehead atoms. The van der Waals surface area contributed by atoms with E-state index in [4.69, 9.17) is 16.3 Å². The van der Waals surface area contributed by atoms with Crippen molar-refractivity contribution in [3.8, 4) is 0 Å². The van der Waals surface area contributed by atoms with Crippen LogP contribution in [0.15, 0.2) is 24.3 Å². The molecule has 38 heavy (non-hydrogen) atoms. The maximum Gasteiger partial charge on any atom is 0.409 e. The molecule has 1 saturated carbocycles. The van der Waals surface area contributed by atoms with Crippen molar-refractivity contribution in [1.82, 2.24) is 14.7 Å². The van der Waals surface area contributed by atoms with E-state index < -0.39 is 24.7 Å². The van der Waals surface area contributed by atoms with Crippen molar-refractivity contribution in [2.75, 3.05) is 39.8 Å². The number of likely N-dealkylation sites (N-methyl/N-ethyl adjacent to an activating group) is 1. The van der Waals surface area contributed by atoms with E-state index in [-0.39, 0.29) is 48.6 Å². The van der Waals surface area contributed by atoms with E-state index >= 15 is 0 Å². The van der Waals surface area contributed by atoms with Crippen molar-refractivity contribution >= 4 is 29.5 Å². The fourth-order valence-electron chi connectivity index (χ4n) is 5.44. The van der Waals surface area contributed by atoms with Gasteiger partial charge in [0.05, 0.1) is 12.6 Å². The Hall–Kier alpha value is -2.49. The molecule has 0 radical (unpaired) electrons. The van der Waals surface area contributed by atoms with Crippen LogP contribution in [0.5, 0.6) is 0 Å². The van der Waals surface area contributed by atoms with Gasteiger partial charge in [0.2, 0.25) is 11.8 Å². The third kappa shape index (κ3) is 6.74. The average molecular weight is 558 g/mol. The number of likely N-dealkylation sites (tertiary alicyclic amines) is 2. The molecule has 4 rings (SSSR count). The van der Waals surface area contributed by atoms with Gasteiger partial charge in [0.25, 0.3) is 0 Å². The lowest BCUT2D eigenvalue weighted by Gasteiger charge is -2.34. The lowest BCUT2D eigenvalue weighted by Crippen LogP contribution is -2.46. The van der Waals surface area contributed by atoms with E-state index in [1.54, 1.807) is 24.1 Å². The molecule has 11 heteroatoms. The Morgan fingerprint density at radius 3 is 2.29 bits per heavy atom. The molecule has 1 aromatic carbocycles. The fourth-order valence-corrected chi connectivity index (χ4v) is 5.56. The second kappa shape index (κ2) is 11.3. The van der Waals surface area contributed by atoms with Gasteiger partial charge in [-0.3, -0.25) is 9.59 Å². The van der Waals surface area contributed by atoms with Crippen molar-refractivity contribution in [2.45, 2.75) is 63.6 Å². The van der Waals surface area contributed by atoms with E-state index in [1.807, 2.05) is 24.0 Å². The minimum absolute atomic E-state index is 0.00291. The molecule has 3 aliphatic rings. The molecule has 1 aliphatic carbocycles. The van der Waals surface area contributed by atoms with Gasteiger partial charge in [-0.2, -0.15) is 13.2 Å². The van der Waals surface area contributed by atoms with Crippen LogP contribution in [-0.4, -0.2) is 84.7 Å². The predicted molar refractivity (Wildman–Crippen MR) is 136 cm³/mol. The van der Waals surface area contributed by atoms with Crippen LogP contribution >= 0.6 is 11.6 Å². The zero-order valence-corrected chi connectivity index (χ0v) is 22.6. The molecule has 0 aromatic heterocycles. The number of ether oxygens (including phenoxy) is 1. The van der Waals surface area contributed by atoms with E-state index in [0.29, 0.717) is 37.5 Å². The molecule has 2 heterocycles. The minimum atomic E-state index is -4.30. The monoisotopic (exact) mass is 557 g/mol. The molecule has 0 unspecified atom stereocenters. The SMILES string of the molecule is CN(C(=O)OCCCC(F)(F)F)[C@@H]1CN(C(=O)C2CCN(C(=O)C3(C)CC3)CC2)C[C@H]1c1ccc(Cl)cc1. The first-order valence-electron chi connectivity index (χ1n) is 13.2. The summed E-state index contributed by atoms with van der Waals surface area (Å²) in [5.41, 5.74) is 0.682. The number of carbonyl (C=O) groups excluding carboxylic acids is 3. The minimum Gasteiger partial charge on any atom is -0.449 e. The smallest absolute Gasteiger partial charge is 0.409 e. The van der Waals surface area contributed by atoms with Gasteiger partial charge in [-0.15, -0.1) is 0 Å². The van der Waals surface area contributed by atoms with Gasteiger partial charge in [-0.25, -0.2) is 4.79 Å². The Morgan fingerprint density at radius 1 is 1.08 bits per heavy atom. The van der Waals surface area contributed by atoms with Gasteiger partial charge in [-0.1, -0.05) is 30.7 Å². The first-order valence-corrected chi connectivity index (χ1v) is 13.6. The predicted octanol–water partition coefficient (Wildman–Crippen LogP) is 5.08. The first-order chi connectivity index (χ1) is 17.9. The number of halogens is 4. The third-order valence-corrected chi connectivity index (χ3v) is 8.41. The lowest BCUT2D eigenvalue weighted by molar-refractivity contribution is -0.142. The Morgan fingerprint density at radius 2 is 1.71 bits per heavy atom. The highest BCUT2D eigenvalue weighted by Gasteiger charge is 2.48. The van der Waals surface area contributed by atoms with Crippen molar-refractivity contribution in [3.05, 3.63) is 34.9 Å². The highest BCUT2D eigenvalue weighted by atomic mass is 35.5. The average Bonchev–Trinajstić information content (AvgIpc) is 3.49. The summed E-state index contributed by atoms with van der Waals surface area (Å²) in [6.45, 7) is 3.47. The zero-order valence-electron chi connectivity index (χ0n) is 21.8. The van der Waals surface area contributed by atoms with E-state index in [0.717, 1.165) is 18.4 Å². The summed E-state index contributed by atoms with van der Waals surface area (Å²) in [6, 6.07) is 6.81. The zero-order chi connectivity index (χ0) is 27.7. The Balaban J connectivity index is 1.39. The number of alkyl halides is 3.